The third-order valence-electron chi connectivity index (χ3n) is 4.45. The van der Waals surface area contributed by atoms with Gasteiger partial charge in [-0.05, 0) is 31.2 Å². The molecule has 0 spiro atoms. The van der Waals surface area contributed by atoms with E-state index >= 15 is 0 Å². The van der Waals surface area contributed by atoms with E-state index in [0.717, 1.165) is 34.2 Å². The van der Waals surface area contributed by atoms with Gasteiger partial charge >= 0.3 is 0 Å². The van der Waals surface area contributed by atoms with E-state index in [1.165, 1.54) is 0 Å². The molecule has 2 N–H and O–H groups in total. The van der Waals surface area contributed by atoms with Crippen molar-refractivity contribution in [2.75, 3.05) is 11.9 Å². The summed E-state index contributed by atoms with van der Waals surface area (Å²) in [5, 5.41) is 2.82. The van der Waals surface area contributed by atoms with E-state index in [0.29, 0.717) is 11.4 Å². The predicted molar refractivity (Wildman–Crippen MR) is 105 cm³/mol. The third-order valence-corrected chi connectivity index (χ3v) is 4.45. The first-order valence-corrected chi connectivity index (χ1v) is 8.93. The minimum absolute atomic E-state index is 0.0244. The number of aryl methyl sites for hydroxylation is 1. The van der Waals surface area contributed by atoms with E-state index in [1.54, 1.807) is 0 Å². The molecule has 0 fully saturated rings. The summed E-state index contributed by atoms with van der Waals surface area (Å²) in [6.45, 7) is 8.36. The van der Waals surface area contributed by atoms with E-state index in [4.69, 9.17) is 9.72 Å². The number of anilines is 1. The Labute approximate surface area is 158 Å². The quantitative estimate of drug-likeness (QED) is 0.720. The normalized spacial score (nSPS) is 13.7. The summed E-state index contributed by atoms with van der Waals surface area (Å²) >= 11 is 0. The second-order valence-electron chi connectivity index (χ2n) is 7.77. The molecular weight excluding hydrogens is 340 g/mol. The summed E-state index contributed by atoms with van der Waals surface area (Å²) in [5.41, 5.74) is 4.95. The molecular formula is C21H22N4O2. The number of pyridine rings is 1. The molecule has 0 unspecified atom stereocenters. The average molecular weight is 362 g/mol. The molecule has 3 aromatic rings. The Morgan fingerprint density at radius 1 is 1.11 bits per heavy atom. The topological polar surface area (TPSA) is 79.9 Å². The molecule has 0 radical (unpaired) electrons. The lowest BCUT2D eigenvalue weighted by molar-refractivity contribution is -0.118. The van der Waals surface area contributed by atoms with Gasteiger partial charge in [-0.25, -0.2) is 4.98 Å². The number of aromatic amines is 1. The van der Waals surface area contributed by atoms with Crippen LogP contribution in [0.15, 0.2) is 36.4 Å². The van der Waals surface area contributed by atoms with E-state index in [2.05, 4.69) is 36.1 Å². The van der Waals surface area contributed by atoms with Gasteiger partial charge in [-0.3, -0.25) is 9.78 Å². The molecule has 0 saturated carbocycles. The number of amides is 1. The number of rotatable bonds is 2. The Balaban J connectivity index is 1.87. The predicted octanol–water partition coefficient (Wildman–Crippen LogP) is 4.08. The number of benzene rings is 1. The van der Waals surface area contributed by atoms with Crippen LogP contribution in [0.2, 0.25) is 0 Å². The fraction of sp³-hybridized carbons (Fsp3) is 0.286. The van der Waals surface area contributed by atoms with Gasteiger partial charge in [0.1, 0.15) is 11.6 Å². The van der Waals surface area contributed by atoms with Crippen LogP contribution in [0.5, 0.6) is 5.75 Å². The van der Waals surface area contributed by atoms with Gasteiger partial charge in [0.15, 0.2) is 6.61 Å². The number of nitrogens with one attached hydrogen (secondary N) is 2. The first kappa shape index (κ1) is 17.3. The Bertz CT molecular complexity index is 1030. The van der Waals surface area contributed by atoms with Crippen LogP contribution in [0, 0.1) is 6.92 Å². The largest absolute Gasteiger partial charge is 0.482 e. The van der Waals surface area contributed by atoms with Crippen molar-refractivity contribution in [1.29, 1.82) is 0 Å². The number of aromatic nitrogens is 3. The van der Waals surface area contributed by atoms with Gasteiger partial charge in [-0.1, -0.05) is 32.9 Å². The molecule has 4 rings (SSSR count). The highest BCUT2D eigenvalue weighted by Crippen LogP contribution is 2.37. The summed E-state index contributed by atoms with van der Waals surface area (Å²) in [6.07, 6.45) is 0. The Morgan fingerprint density at radius 2 is 1.93 bits per heavy atom. The number of imidazole rings is 1. The van der Waals surface area contributed by atoms with Crippen LogP contribution in [0.4, 0.5) is 5.69 Å². The van der Waals surface area contributed by atoms with Crippen molar-refractivity contribution in [3.63, 3.8) is 0 Å². The minimum Gasteiger partial charge on any atom is -0.482 e. The summed E-state index contributed by atoms with van der Waals surface area (Å²) in [5.74, 6) is 1.40. The number of H-pyrrole nitrogens is 1. The zero-order valence-corrected chi connectivity index (χ0v) is 15.9. The summed E-state index contributed by atoms with van der Waals surface area (Å²) < 4.78 is 5.57. The van der Waals surface area contributed by atoms with Crippen LogP contribution >= 0.6 is 0 Å². The van der Waals surface area contributed by atoms with E-state index in [1.807, 2.05) is 43.3 Å². The van der Waals surface area contributed by atoms with Crippen molar-refractivity contribution >= 4 is 11.6 Å². The average Bonchev–Trinajstić information content (AvgIpc) is 3.07. The first-order valence-electron chi connectivity index (χ1n) is 8.93. The fourth-order valence-corrected chi connectivity index (χ4v) is 3.03. The zero-order valence-electron chi connectivity index (χ0n) is 15.9. The van der Waals surface area contributed by atoms with Crippen LogP contribution in [0.25, 0.3) is 22.6 Å². The Hall–Kier alpha value is -3.15. The lowest BCUT2D eigenvalue weighted by Gasteiger charge is -2.18. The van der Waals surface area contributed by atoms with Crippen LogP contribution in [-0.4, -0.2) is 27.5 Å². The first-order chi connectivity index (χ1) is 12.8. The monoisotopic (exact) mass is 362 g/mol. The smallest absolute Gasteiger partial charge is 0.262 e. The molecule has 0 aliphatic carbocycles. The zero-order chi connectivity index (χ0) is 19.2. The van der Waals surface area contributed by atoms with Gasteiger partial charge in [0.25, 0.3) is 5.91 Å². The molecule has 2 aromatic heterocycles. The molecule has 6 heteroatoms. The molecule has 3 heterocycles. The van der Waals surface area contributed by atoms with Crippen LogP contribution < -0.4 is 10.1 Å². The molecule has 1 aromatic carbocycles. The maximum Gasteiger partial charge on any atom is 0.262 e. The standard InChI is InChI=1S/C21H22N4O2/c1-12-6-5-7-15(22-12)19-18(24-20(25-19)21(2,3)4)13-8-9-14-16(10-13)27-11-17(26)23-14/h5-10H,11H2,1-4H3,(H,23,26)(H,24,25). The summed E-state index contributed by atoms with van der Waals surface area (Å²) in [6, 6.07) is 11.6. The second-order valence-corrected chi connectivity index (χ2v) is 7.77. The maximum absolute atomic E-state index is 11.5. The van der Waals surface area contributed by atoms with Crippen molar-refractivity contribution in [2.24, 2.45) is 0 Å². The van der Waals surface area contributed by atoms with Crippen LogP contribution in [-0.2, 0) is 10.2 Å². The number of carbonyl (C=O) groups is 1. The van der Waals surface area contributed by atoms with Crippen molar-refractivity contribution in [3.8, 4) is 28.4 Å². The number of fused-ring (bicyclic) bond motifs is 1. The van der Waals surface area contributed by atoms with E-state index in [9.17, 15) is 4.79 Å². The van der Waals surface area contributed by atoms with Crippen molar-refractivity contribution in [2.45, 2.75) is 33.1 Å². The fourth-order valence-electron chi connectivity index (χ4n) is 3.03. The number of carbonyl (C=O) groups excluding carboxylic acids is 1. The van der Waals surface area contributed by atoms with Crippen molar-refractivity contribution < 1.29 is 9.53 Å². The van der Waals surface area contributed by atoms with Crippen molar-refractivity contribution in [3.05, 3.63) is 47.9 Å². The van der Waals surface area contributed by atoms with Crippen molar-refractivity contribution in [1.82, 2.24) is 15.0 Å². The summed E-state index contributed by atoms with van der Waals surface area (Å²) in [4.78, 5) is 24.5. The molecule has 0 bridgehead atoms. The molecule has 1 amide bonds. The van der Waals surface area contributed by atoms with E-state index < -0.39 is 0 Å². The lowest BCUT2D eigenvalue weighted by Crippen LogP contribution is -2.25. The second kappa shape index (κ2) is 6.23. The summed E-state index contributed by atoms with van der Waals surface area (Å²) in [7, 11) is 0. The molecule has 138 valence electrons. The van der Waals surface area contributed by atoms with Gasteiger partial charge in [-0.15, -0.1) is 0 Å². The molecule has 0 atom stereocenters. The minimum atomic E-state index is -0.144. The third kappa shape index (κ3) is 3.30. The van der Waals surface area contributed by atoms with E-state index in [-0.39, 0.29) is 17.9 Å². The molecule has 6 nitrogen and oxygen atoms in total. The molecule has 1 aliphatic heterocycles. The molecule has 1 aliphatic rings. The van der Waals surface area contributed by atoms with Gasteiger partial charge in [0, 0.05) is 16.7 Å². The highest BCUT2D eigenvalue weighted by molar-refractivity contribution is 5.96. The molecule has 0 saturated heterocycles. The highest BCUT2D eigenvalue weighted by atomic mass is 16.5. The number of hydrogen-bond donors (Lipinski definition) is 2. The van der Waals surface area contributed by atoms with Gasteiger partial charge < -0.3 is 15.0 Å². The maximum atomic E-state index is 11.5. The number of hydrogen-bond acceptors (Lipinski definition) is 4. The Kier molecular flexibility index (Phi) is 3.98. The molecule has 27 heavy (non-hydrogen) atoms. The van der Waals surface area contributed by atoms with Crippen LogP contribution in [0.1, 0.15) is 32.3 Å². The van der Waals surface area contributed by atoms with Gasteiger partial charge in [-0.2, -0.15) is 0 Å². The van der Waals surface area contributed by atoms with Gasteiger partial charge in [0.05, 0.1) is 22.8 Å². The number of ether oxygens (including phenoxy) is 1. The van der Waals surface area contributed by atoms with Gasteiger partial charge in [0.2, 0.25) is 0 Å². The highest BCUT2D eigenvalue weighted by Gasteiger charge is 2.24. The number of nitrogens with zero attached hydrogens (tertiary/aromatic N) is 2. The SMILES string of the molecule is Cc1cccc(-c2[nH]c(C(C)(C)C)nc2-c2ccc3c(c2)OCC(=O)N3)n1. The van der Waals surface area contributed by atoms with Crippen LogP contribution in [0.3, 0.4) is 0 Å². The lowest BCUT2D eigenvalue weighted by atomic mass is 9.96. The Morgan fingerprint density at radius 3 is 2.67 bits per heavy atom.